The molecule has 2 fully saturated rings. The van der Waals surface area contributed by atoms with Gasteiger partial charge in [-0.05, 0) is 45.1 Å². The molecule has 0 aromatic heterocycles. The van der Waals surface area contributed by atoms with Gasteiger partial charge in [0.05, 0.1) is 6.04 Å². The van der Waals surface area contributed by atoms with Crippen LogP contribution in [0.15, 0.2) is 0 Å². The number of amides is 1. The Kier molecular flexibility index (Phi) is 3.62. The van der Waals surface area contributed by atoms with E-state index in [9.17, 15) is 4.79 Å². The molecule has 3 nitrogen and oxygen atoms in total. The van der Waals surface area contributed by atoms with Gasteiger partial charge >= 0.3 is 0 Å². The Bertz CT molecular complexity index is 220. The summed E-state index contributed by atoms with van der Waals surface area (Å²) in [4.78, 5) is 14.2. The number of hydrogen-bond acceptors (Lipinski definition) is 2. The Hall–Kier alpha value is -0.570. The maximum atomic E-state index is 12.2. The number of nitrogens with zero attached hydrogens (tertiary/aromatic N) is 1. The minimum Gasteiger partial charge on any atom is -0.341 e. The van der Waals surface area contributed by atoms with Crippen LogP contribution in [0.3, 0.4) is 0 Å². The molecule has 2 aliphatic rings. The van der Waals surface area contributed by atoms with Crippen LogP contribution in [0, 0.1) is 5.92 Å². The van der Waals surface area contributed by atoms with Crippen LogP contribution in [0.5, 0.6) is 0 Å². The molecule has 1 amide bonds. The normalized spacial score (nSPS) is 26.3. The molecule has 1 unspecified atom stereocenters. The Morgan fingerprint density at radius 2 is 2.13 bits per heavy atom. The lowest BCUT2D eigenvalue weighted by Gasteiger charge is -2.29. The molecular formula is C12H22N2O. The summed E-state index contributed by atoms with van der Waals surface area (Å²) < 4.78 is 0. The molecule has 1 saturated heterocycles. The summed E-state index contributed by atoms with van der Waals surface area (Å²) >= 11 is 0. The van der Waals surface area contributed by atoms with Gasteiger partial charge in [0.15, 0.2) is 0 Å². The third-order valence-electron chi connectivity index (χ3n) is 3.48. The van der Waals surface area contributed by atoms with Crippen molar-refractivity contribution in [3.8, 4) is 0 Å². The van der Waals surface area contributed by atoms with Gasteiger partial charge in [0.25, 0.3) is 0 Å². The van der Waals surface area contributed by atoms with Crippen LogP contribution in [-0.2, 0) is 4.79 Å². The van der Waals surface area contributed by atoms with Crippen molar-refractivity contribution >= 4 is 5.91 Å². The Balaban J connectivity index is 1.84. The van der Waals surface area contributed by atoms with Gasteiger partial charge in [-0.25, -0.2) is 0 Å². The average Bonchev–Trinajstić information content (AvgIpc) is 3.10. The van der Waals surface area contributed by atoms with Crippen molar-refractivity contribution in [3.05, 3.63) is 0 Å². The minimum absolute atomic E-state index is 0.109. The second kappa shape index (κ2) is 4.97. The highest BCUT2D eigenvalue weighted by atomic mass is 16.2. The van der Waals surface area contributed by atoms with Gasteiger partial charge in [-0.1, -0.05) is 6.42 Å². The first-order valence-electron chi connectivity index (χ1n) is 6.33. The van der Waals surface area contributed by atoms with Crippen molar-refractivity contribution in [1.29, 1.82) is 0 Å². The van der Waals surface area contributed by atoms with E-state index in [4.69, 9.17) is 0 Å². The number of piperidine rings is 1. The molecule has 15 heavy (non-hydrogen) atoms. The molecule has 0 spiro atoms. The molecule has 0 bridgehead atoms. The van der Waals surface area contributed by atoms with E-state index >= 15 is 0 Å². The van der Waals surface area contributed by atoms with Gasteiger partial charge in [0.2, 0.25) is 5.91 Å². The molecule has 1 saturated carbocycles. The van der Waals surface area contributed by atoms with Crippen LogP contribution in [0.25, 0.3) is 0 Å². The van der Waals surface area contributed by atoms with E-state index in [0.29, 0.717) is 5.91 Å². The standard InChI is InChI=1S/C12H22N2O/c1-2-14(9-10-6-7-10)12(15)11-5-3-4-8-13-11/h10-11,13H,2-9H2,1H3. The van der Waals surface area contributed by atoms with E-state index in [1.807, 2.05) is 4.90 Å². The lowest BCUT2D eigenvalue weighted by atomic mass is 10.0. The summed E-state index contributed by atoms with van der Waals surface area (Å²) in [5.41, 5.74) is 0. The van der Waals surface area contributed by atoms with Crippen LogP contribution in [0.4, 0.5) is 0 Å². The molecule has 1 aliphatic carbocycles. The van der Waals surface area contributed by atoms with E-state index in [2.05, 4.69) is 12.2 Å². The van der Waals surface area contributed by atoms with Gasteiger partial charge in [-0.3, -0.25) is 4.79 Å². The Morgan fingerprint density at radius 3 is 2.67 bits per heavy atom. The van der Waals surface area contributed by atoms with Gasteiger partial charge < -0.3 is 10.2 Å². The van der Waals surface area contributed by atoms with Crippen LogP contribution in [0.1, 0.15) is 39.0 Å². The highest BCUT2D eigenvalue weighted by Gasteiger charge is 2.29. The second-order valence-corrected chi connectivity index (χ2v) is 4.82. The largest absolute Gasteiger partial charge is 0.341 e. The first kappa shape index (κ1) is 10.9. The van der Waals surface area contributed by atoms with E-state index in [-0.39, 0.29) is 6.04 Å². The van der Waals surface area contributed by atoms with Crippen molar-refractivity contribution in [3.63, 3.8) is 0 Å². The van der Waals surface area contributed by atoms with Crippen LogP contribution >= 0.6 is 0 Å². The molecule has 1 aliphatic heterocycles. The zero-order valence-electron chi connectivity index (χ0n) is 9.67. The van der Waals surface area contributed by atoms with Gasteiger partial charge in [-0.15, -0.1) is 0 Å². The molecular weight excluding hydrogens is 188 g/mol. The molecule has 2 rings (SSSR count). The van der Waals surface area contributed by atoms with Crippen LogP contribution in [0.2, 0.25) is 0 Å². The molecule has 86 valence electrons. The lowest BCUT2D eigenvalue weighted by molar-refractivity contribution is -0.134. The summed E-state index contributed by atoms with van der Waals surface area (Å²) in [6.45, 7) is 4.96. The zero-order valence-corrected chi connectivity index (χ0v) is 9.67. The molecule has 1 atom stereocenters. The number of nitrogens with one attached hydrogen (secondary N) is 1. The Labute approximate surface area is 92.2 Å². The molecule has 0 aromatic rings. The maximum Gasteiger partial charge on any atom is 0.239 e. The SMILES string of the molecule is CCN(CC1CC1)C(=O)C1CCCCN1. The first-order chi connectivity index (χ1) is 7.31. The number of carbonyl (C=O) groups is 1. The van der Waals surface area contributed by atoms with Crippen molar-refractivity contribution in [2.45, 2.75) is 45.1 Å². The van der Waals surface area contributed by atoms with Gasteiger partial charge in [0.1, 0.15) is 0 Å². The van der Waals surface area contributed by atoms with Crippen molar-refractivity contribution in [2.75, 3.05) is 19.6 Å². The van der Waals surface area contributed by atoms with E-state index in [0.717, 1.165) is 32.0 Å². The Morgan fingerprint density at radius 1 is 1.33 bits per heavy atom. The molecule has 0 radical (unpaired) electrons. The fourth-order valence-corrected chi connectivity index (χ4v) is 2.27. The van der Waals surface area contributed by atoms with Crippen LogP contribution < -0.4 is 5.32 Å². The molecule has 0 aromatic carbocycles. The quantitative estimate of drug-likeness (QED) is 0.760. The zero-order chi connectivity index (χ0) is 10.7. The van der Waals surface area contributed by atoms with E-state index in [1.165, 1.54) is 25.7 Å². The minimum atomic E-state index is 0.109. The first-order valence-corrected chi connectivity index (χ1v) is 6.33. The smallest absolute Gasteiger partial charge is 0.239 e. The third kappa shape index (κ3) is 2.94. The topological polar surface area (TPSA) is 32.3 Å². The summed E-state index contributed by atoms with van der Waals surface area (Å²) in [6.07, 6.45) is 6.09. The van der Waals surface area contributed by atoms with Crippen LogP contribution in [-0.4, -0.2) is 36.5 Å². The fourth-order valence-electron chi connectivity index (χ4n) is 2.27. The predicted octanol–water partition coefficient (Wildman–Crippen LogP) is 1.39. The van der Waals surface area contributed by atoms with E-state index in [1.54, 1.807) is 0 Å². The van der Waals surface area contributed by atoms with E-state index < -0.39 is 0 Å². The number of carbonyl (C=O) groups excluding carboxylic acids is 1. The summed E-state index contributed by atoms with van der Waals surface area (Å²) in [6, 6.07) is 0.109. The molecule has 3 heteroatoms. The van der Waals surface area contributed by atoms with Crippen molar-refractivity contribution in [2.24, 2.45) is 5.92 Å². The monoisotopic (exact) mass is 210 g/mol. The predicted molar refractivity (Wildman–Crippen MR) is 60.6 cm³/mol. The van der Waals surface area contributed by atoms with Gasteiger partial charge in [-0.2, -0.15) is 0 Å². The summed E-state index contributed by atoms with van der Waals surface area (Å²) in [5, 5.41) is 3.34. The molecule has 1 heterocycles. The number of likely N-dealkylation sites (N-methyl/N-ethyl adjacent to an activating group) is 1. The highest BCUT2D eigenvalue weighted by Crippen LogP contribution is 2.30. The maximum absolute atomic E-state index is 12.2. The van der Waals surface area contributed by atoms with Crippen molar-refractivity contribution < 1.29 is 4.79 Å². The number of hydrogen-bond donors (Lipinski definition) is 1. The van der Waals surface area contributed by atoms with Crippen molar-refractivity contribution in [1.82, 2.24) is 10.2 Å². The summed E-state index contributed by atoms with van der Waals surface area (Å²) in [5.74, 6) is 1.14. The second-order valence-electron chi connectivity index (χ2n) is 4.82. The third-order valence-corrected chi connectivity index (χ3v) is 3.48. The summed E-state index contributed by atoms with van der Waals surface area (Å²) in [7, 11) is 0. The number of rotatable bonds is 4. The average molecular weight is 210 g/mol. The highest BCUT2D eigenvalue weighted by molar-refractivity contribution is 5.82. The molecule has 1 N–H and O–H groups in total. The fraction of sp³-hybridized carbons (Fsp3) is 0.917. The van der Waals surface area contributed by atoms with Gasteiger partial charge in [0, 0.05) is 13.1 Å². The lowest BCUT2D eigenvalue weighted by Crippen LogP contribution is -2.49.